The van der Waals surface area contributed by atoms with Crippen molar-refractivity contribution < 1.29 is 9.53 Å². The zero-order valence-electron chi connectivity index (χ0n) is 19.9. The highest BCUT2D eigenvalue weighted by atomic mass is 16.5. The summed E-state index contributed by atoms with van der Waals surface area (Å²) in [6.07, 6.45) is 1.63. The van der Waals surface area contributed by atoms with E-state index in [-0.39, 0.29) is 11.5 Å². The number of anilines is 2. The highest BCUT2D eigenvalue weighted by molar-refractivity contribution is 6.13. The molecule has 0 aliphatic carbocycles. The number of amides is 1. The number of nitrogens with zero attached hydrogens (tertiary/aromatic N) is 3. The molecule has 1 aliphatic heterocycles. The number of para-hydroxylation sites is 2. The number of hydrogen-bond donors (Lipinski definition) is 1. The summed E-state index contributed by atoms with van der Waals surface area (Å²) >= 11 is 0. The van der Waals surface area contributed by atoms with Gasteiger partial charge in [-0.2, -0.15) is 0 Å². The molecule has 1 saturated heterocycles. The number of carbonyl (C=O) groups is 1. The number of rotatable bonds is 5. The van der Waals surface area contributed by atoms with E-state index in [0.29, 0.717) is 27.8 Å². The van der Waals surface area contributed by atoms with Crippen LogP contribution in [-0.4, -0.2) is 55.7 Å². The third-order valence-electron chi connectivity index (χ3n) is 6.52. The Hall–Kier alpha value is -4.10. The number of carbonyl (C=O) groups excluding carboxylic acids is 1. The normalized spacial score (nSPS) is 14.2. The quantitative estimate of drug-likeness (QED) is 0.480. The van der Waals surface area contributed by atoms with Gasteiger partial charge in [0, 0.05) is 48.8 Å². The monoisotopic (exact) mass is 468 g/mol. The summed E-state index contributed by atoms with van der Waals surface area (Å²) in [5.74, 6) is 0.436. The highest BCUT2D eigenvalue weighted by Crippen LogP contribution is 2.28. The third kappa shape index (κ3) is 4.50. The Kier molecular flexibility index (Phi) is 6.25. The van der Waals surface area contributed by atoms with Crippen molar-refractivity contribution in [3.05, 3.63) is 94.9 Å². The molecule has 0 spiro atoms. The van der Waals surface area contributed by atoms with Gasteiger partial charge in [0.05, 0.1) is 24.0 Å². The molecule has 1 aliphatic rings. The standard InChI is InChI=1S/C28H28N4O3/c1-30-15-17-31(18-16-30)26-10-6-5-9-25(26)29-27(33)24-19-32(20-11-13-21(35-2)14-12-20)28(34)23-8-4-3-7-22(23)24/h3-14,19H,15-18H2,1-2H3,(H,29,33). The Bertz CT molecular complexity index is 1420. The smallest absolute Gasteiger partial charge is 0.262 e. The van der Waals surface area contributed by atoms with Crippen LogP contribution in [-0.2, 0) is 0 Å². The van der Waals surface area contributed by atoms with Crippen LogP contribution in [0, 0.1) is 0 Å². The first-order valence-electron chi connectivity index (χ1n) is 11.7. The van der Waals surface area contributed by atoms with Crippen LogP contribution in [0.5, 0.6) is 5.75 Å². The van der Waals surface area contributed by atoms with Crippen molar-refractivity contribution in [3.8, 4) is 11.4 Å². The topological polar surface area (TPSA) is 66.8 Å². The zero-order valence-corrected chi connectivity index (χ0v) is 19.9. The van der Waals surface area contributed by atoms with Crippen LogP contribution in [0.15, 0.2) is 83.8 Å². The molecule has 7 nitrogen and oxygen atoms in total. The van der Waals surface area contributed by atoms with Crippen molar-refractivity contribution >= 4 is 28.1 Å². The van der Waals surface area contributed by atoms with E-state index in [0.717, 1.165) is 37.6 Å². The first kappa shape index (κ1) is 22.7. The van der Waals surface area contributed by atoms with Gasteiger partial charge in [0.1, 0.15) is 5.75 Å². The maximum atomic E-state index is 13.6. The number of piperazine rings is 1. The molecule has 1 amide bonds. The summed E-state index contributed by atoms with van der Waals surface area (Å²) in [5, 5.41) is 4.23. The Morgan fingerprint density at radius 3 is 2.23 bits per heavy atom. The van der Waals surface area contributed by atoms with Crippen LogP contribution in [0.2, 0.25) is 0 Å². The number of benzene rings is 3. The second-order valence-corrected chi connectivity index (χ2v) is 8.72. The van der Waals surface area contributed by atoms with E-state index in [1.54, 1.807) is 43.6 Å². The molecule has 0 atom stereocenters. The molecule has 0 bridgehead atoms. The van der Waals surface area contributed by atoms with E-state index in [2.05, 4.69) is 22.2 Å². The molecule has 178 valence electrons. The fourth-order valence-corrected chi connectivity index (χ4v) is 4.50. The molecule has 35 heavy (non-hydrogen) atoms. The van der Waals surface area contributed by atoms with Crippen LogP contribution in [0.1, 0.15) is 10.4 Å². The number of methoxy groups -OCH3 is 1. The van der Waals surface area contributed by atoms with E-state index in [4.69, 9.17) is 4.74 Å². The predicted molar refractivity (Wildman–Crippen MR) is 140 cm³/mol. The molecule has 0 saturated carbocycles. The van der Waals surface area contributed by atoms with Gasteiger partial charge in [0.2, 0.25) is 0 Å². The van der Waals surface area contributed by atoms with E-state index < -0.39 is 0 Å². The maximum Gasteiger partial charge on any atom is 0.262 e. The molecule has 5 rings (SSSR count). The van der Waals surface area contributed by atoms with Gasteiger partial charge < -0.3 is 19.9 Å². The molecule has 2 heterocycles. The van der Waals surface area contributed by atoms with Gasteiger partial charge in [-0.15, -0.1) is 0 Å². The zero-order chi connectivity index (χ0) is 24.4. The fraction of sp³-hybridized carbons (Fsp3) is 0.214. The molecule has 1 fully saturated rings. The van der Waals surface area contributed by atoms with Crippen molar-refractivity contribution in [1.29, 1.82) is 0 Å². The summed E-state index contributed by atoms with van der Waals surface area (Å²) in [7, 11) is 3.72. The Labute approximate surface area is 204 Å². The number of aromatic nitrogens is 1. The van der Waals surface area contributed by atoms with Crippen molar-refractivity contribution in [2.75, 3.05) is 50.6 Å². The van der Waals surface area contributed by atoms with Crippen molar-refractivity contribution in [3.63, 3.8) is 0 Å². The number of ether oxygens (including phenoxy) is 1. The summed E-state index contributed by atoms with van der Waals surface area (Å²) in [6, 6.07) is 22.3. The third-order valence-corrected chi connectivity index (χ3v) is 6.52. The van der Waals surface area contributed by atoms with Gasteiger partial charge in [0.15, 0.2) is 0 Å². The minimum absolute atomic E-state index is 0.180. The molecular formula is C28H28N4O3. The summed E-state index contributed by atoms with van der Waals surface area (Å²) < 4.78 is 6.76. The van der Waals surface area contributed by atoms with Crippen molar-refractivity contribution in [2.45, 2.75) is 0 Å². The number of fused-ring (bicyclic) bond motifs is 1. The molecule has 0 radical (unpaired) electrons. The molecule has 1 N–H and O–H groups in total. The second-order valence-electron chi connectivity index (χ2n) is 8.72. The van der Waals surface area contributed by atoms with E-state index >= 15 is 0 Å². The van der Waals surface area contributed by atoms with Crippen LogP contribution >= 0.6 is 0 Å². The first-order chi connectivity index (χ1) is 17.0. The molecule has 3 aromatic carbocycles. The summed E-state index contributed by atoms with van der Waals surface area (Å²) in [4.78, 5) is 31.5. The van der Waals surface area contributed by atoms with Gasteiger partial charge in [-0.25, -0.2) is 0 Å². The molecule has 4 aromatic rings. The molecule has 0 unspecified atom stereocenters. The lowest BCUT2D eigenvalue weighted by molar-refractivity contribution is 0.102. The molecule has 7 heteroatoms. The minimum Gasteiger partial charge on any atom is -0.497 e. The lowest BCUT2D eigenvalue weighted by atomic mass is 10.1. The second kappa shape index (κ2) is 9.64. The average molecular weight is 469 g/mol. The largest absolute Gasteiger partial charge is 0.497 e. The Morgan fingerprint density at radius 2 is 1.51 bits per heavy atom. The number of hydrogen-bond acceptors (Lipinski definition) is 5. The maximum absolute atomic E-state index is 13.6. The number of likely N-dealkylation sites (N-methyl/N-ethyl adjacent to an activating group) is 1. The number of nitrogens with one attached hydrogen (secondary N) is 1. The Morgan fingerprint density at radius 1 is 0.857 bits per heavy atom. The molecular weight excluding hydrogens is 440 g/mol. The highest BCUT2D eigenvalue weighted by Gasteiger charge is 2.20. The van der Waals surface area contributed by atoms with E-state index in [1.807, 2.05) is 42.5 Å². The van der Waals surface area contributed by atoms with Gasteiger partial charge in [-0.3, -0.25) is 14.2 Å². The SMILES string of the molecule is COc1ccc(-n2cc(C(=O)Nc3ccccc3N3CCN(C)CC3)c3ccccc3c2=O)cc1. The summed E-state index contributed by atoms with van der Waals surface area (Å²) in [5.41, 5.74) is 2.67. The Balaban J connectivity index is 1.54. The van der Waals surface area contributed by atoms with E-state index in [9.17, 15) is 9.59 Å². The molecule has 1 aromatic heterocycles. The lowest BCUT2D eigenvalue weighted by Gasteiger charge is -2.35. The van der Waals surface area contributed by atoms with Crippen LogP contribution in [0.3, 0.4) is 0 Å². The first-order valence-corrected chi connectivity index (χ1v) is 11.7. The lowest BCUT2D eigenvalue weighted by Crippen LogP contribution is -2.44. The fourth-order valence-electron chi connectivity index (χ4n) is 4.50. The van der Waals surface area contributed by atoms with Crippen molar-refractivity contribution in [1.82, 2.24) is 9.47 Å². The summed E-state index contributed by atoms with van der Waals surface area (Å²) in [6.45, 7) is 3.74. The average Bonchev–Trinajstić information content (AvgIpc) is 2.90. The van der Waals surface area contributed by atoms with E-state index in [1.165, 1.54) is 4.57 Å². The van der Waals surface area contributed by atoms with Gasteiger partial charge in [-0.05, 0) is 49.5 Å². The number of pyridine rings is 1. The minimum atomic E-state index is -0.259. The predicted octanol–water partition coefficient (Wildman–Crippen LogP) is 4.00. The van der Waals surface area contributed by atoms with Gasteiger partial charge >= 0.3 is 0 Å². The van der Waals surface area contributed by atoms with Gasteiger partial charge in [0.25, 0.3) is 11.5 Å². The van der Waals surface area contributed by atoms with Crippen LogP contribution in [0.4, 0.5) is 11.4 Å². The van der Waals surface area contributed by atoms with Gasteiger partial charge in [-0.1, -0.05) is 30.3 Å². The van der Waals surface area contributed by atoms with Crippen molar-refractivity contribution in [2.24, 2.45) is 0 Å². The van der Waals surface area contributed by atoms with Crippen LogP contribution < -0.4 is 20.5 Å². The van der Waals surface area contributed by atoms with Crippen LogP contribution in [0.25, 0.3) is 16.5 Å².